The quantitative estimate of drug-likeness (QED) is 0.776. The van der Waals surface area contributed by atoms with Crippen molar-refractivity contribution in [1.29, 1.82) is 0 Å². The van der Waals surface area contributed by atoms with E-state index >= 15 is 0 Å². The SMILES string of the molecule is Cc1cccc(Oc2ccc(Br)cc2F)c1. The molecule has 0 saturated carbocycles. The summed E-state index contributed by atoms with van der Waals surface area (Å²) in [6, 6.07) is 12.2. The van der Waals surface area contributed by atoms with Gasteiger partial charge in [-0.25, -0.2) is 4.39 Å². The van der Waals surface area contributed by atoms with Crippen LogP contribution in [0.4, 0.5) is 4.39 Å². The molecule has 0 aliphatic heterocycles. The third kappa shape index (κ3) is 2.61. The lowest BCUT2D eigenvalue weighted by Gasteiger charge is -2.07. The maximum atomic E-state index is 13.5. The first-order valence-corrected chi connectivity index (χ1v) is 5.64. The van der Waals surface area contributed by atoms with E-state index in [4.69, 9.17) is 4.74 Å². The molecule has 0 radical (unpaired) electrons. The molecule has 2 aromatic carbocycles. The van der Waals surface area contributed by atoms with Crippen molar-refractivity contribution in [2.24, 2.45) is 0 Å². The minimum atomic E-state index is -0.379. The van der Waals surface area contributed by atoms with Crippen LogP contribution < -0.4 is 4.74 Å². The van der Waals surface area contributed by atoms with Crippen molar-refractivity contribution >= 4 is 15.9 Å². The minimum Gasteiger partial charge on any atom is -0.454 e. The van der Waals surface area contributed by atoms with E-state index in [-0.39, 0.29) is 11.6 Å². The Morgan fingerprint density at radius 3 is 2.62 bits per heavy atom. The van der Waals surface area contributed by atoms with Crippen molar-refractivity contribution in [3.63, 3.8) is 0 Å². The second-order valence-corrected chi connectivity index (χ2v) is 4.41. The largest absolute Gasteiger partial charge is 0.454 e. The molecule has 0 aliphatic carbocycles. The lowest BCUT2D eigenvalue weighted by atomic mass is 10.2. The molecule has 0 unspecified atom stereocenters. The van der Waals surface area contributed by atoms with Crippen molar-refractivity contribution in [3.05, 3.63) is 58.3 Å². The molecular formula is C13H10BrFO. The standard InChI is InChI=1S/C13H10BrFO/c1-9-3-2-4-11(7-9)16-13-6-5-10(14)8-12(13)15/h2-8H,1H3. The highest BCUT2D eigenvalue weighted by Crippen LogP contribution is 2.27. The van der Waals surface area contributed by atoms with E-state index in [1.165, 1.54) is 6.07 Å². The average molecular weight is 281 g/mol. The molecule has 0 bridgehead atoms. The second kappa shape index (κ2) is 4.66. The molecule has 0 N–H and O–H groups in total. The molecule has 2 aromatic rings. The maximum Gasteiger partial charge on any atom is 0.166 e. The van der Waals surface area contributed by atoms with E-state index in [0.717, 1.165) is 5.56 Å². The number of rotatable bonds is 2. The fourth-order valence-electron chi connectivity index (χ4n) is 1.36. The number of hydrogen-bond donors (Lipinski definition) is 0. The predicted molar refractivity (Wildman–Crippen MR) is 65.4 cm³/mol. The summed E-state index contributed by atoms with van der Waals surface area (Å²) in [5.41, 5.74) is 1.08. The van der Waals surface area contributed by atoms with Gasteiger partial charge in [0.05, 0.1) is 0 Å². The normalized spacial score (nSPS) is 10.2. The Bertz CT molecular complexity index is 511. The van der Waals surface area contributed by atoms with Crippen LogP contribution in [0.15, 0.2) is 46.9 Å². The van der Waals surface area contributed by atoms with Gasteiger partial charge in [-0.1, -0.05) is 28.1 Å². The average Bonchev–Trinajstić information content (AvgIpc) is 2.22. The zero-order valence-corrected chi connectivity index (χ0v) is 10.3. The lowest BCUT2D eigenvalue weighted by Crippen LogP contribution is -1.88. The van der Waals surface area contributed by atoms with Crippen LogP contribution in [0.3, 0.4) is 0 Å². The molecule has 0 atom stereocenters. The Labute approximate surface area is 102 Å². The van der Waals surface area contributed by atoms with Gasteiger partial charge in [0.2, 0.25) is 0 Å². The van der Waals surface area contributed by atoms with E-state index in [2.05, 4.69) is 15.9 Å². The monoisotopic (exact) mass is 280 g/mol. The molecule has 3 heteroatoms. The Morgan fingerprint density at radius 1 is 1.12 bits per heavy atom. The van der Waals surface area contributed by atoms with E-state index in [1.54, 1.807) is 18.2 Å². The summed E-state index contributed by atoms with van der Waals surface area (Å²) in [5, 5.41) is 0. The van der Waals surface area contributed by atoms with Crippen molar-refractivity contribution < 1.29 is 9.13 Å². The van der Waals surface area contributed by atoms with E-state index in [9.17, 15) is 4.39 Å². The molecule has 0 amide bonds. The molecule has 82 valence electrons. The van der Waals surface area contributed by atoms with Gasteiger partial charge in [-0.05, 0) is 42.8 Å². The summed E-state index contributed by atoms with van der Waals surface area (Å²) < 4.78 is 19.6. The summed E-state index contributed by atoms with van der Waals surface area (Å²) in [7, 11) is 0. The lowest BCUT2D eigenvalue weighted by molar-refractivity contribution is 0.441. The number of benzene rings is 2. The van der Waals surface area contributed by atoms with Crippen molar-refractivity contribution in [2.75, 3.05) is 0 Å². The van der Waals surface area contributed by atoms with Crippen molar-refractivity contribution in [3.8, 4) is 11.5 Å². The first-order chi connectivity index (χ1) is 7.65. The summed E-state index contributed by atoms with van der Waals surface area (Å²) in [6.45, 7) is 1.96. The van der Waals surface area contributed by atoms with Gasteiger partial charge in [0, 0.05) is 4.47 Å². The third-order valence-electron chi connectivity index (χ3n) is 2.11. The zero-order valence-electron chi connectivity index (χ0n) is 8.71. The maximum absolute atomic E-state index is 13.5. The van der Waals surface area contributed by atoms with Gasteiger partial charge in [0.25, 0.3) is 0 Å². The fourth-order valence-corrected chi connectivity index (χ4v) is 1.70. The zero-order chi connectivity index (χ0) is 11.5. The van der Waals surface area contributed by atoms with Gasteiger partial charge in [0.1, 0.15) is 5.75 Å². The van der Waals surface area contributed by atoms with Gasteiger partial charge in [-0.2, -0.15) is 0 Å². The van der Waals surface area contributed by atoms with Crippen molar-refractivity contribution in [1.82, 2.24) is 0 Å². The van der Waals surface area contributed by atoms with Gasteiger partial charge in [-0.15, -0.1) is 0 Å². The first kappa shape index (κ1) is 11.1. The highest BCUT2D eigenvalue weighted by atomic mass is 79.9. The van der Waals surface area contributed by atoms with Gasteiger partial charge in [0.15, 0.2) is 11.6 Å². The first-order valence-electron chi connectivity index (χ1n) is 4.85. The van der Waals surface area contributed by atoms with E-state index in [0.29, 0.717) is 10.2 Å². The number of aryl methyl sites for hydroxylation is 1. The minimum absolute atomic E-state index is 0.230. The van der Waals surface area contributed by atoms with Gasteiger partial charge >= 0.3 is 0 Å². The molecular weight excluding hydrogens is 271 g/mol. The van der Waals surface area contributed by atoms with Crippen LogP contribution in [0.1, 0.15) is 5.56 Å². The molecule has 2 rings (SSSR count). The Kier molecular flexibility index (Phi) is 3.25. The fraction of sp³-hybridized carbons (Fsp3) is 0.0769. The van der Waals surface area contributed by atoms with Gasteiger partial charge in [-0.3, -0.25) is 0 Å². The Hall–Kier alpha value is -1.35. The molecule has 0 spiro atoms. The summed E-state index contributed by atoms with van der Waals surface area (Å²) in [6.07, 6.45) is 0. The smallest absolute Gasteiger partial charge is 0.166 e. The van der Waals surface area contributed by atoms with Crippen LogP contribution in [0.5, 0.6) is 11.5 Å². The highest BCUT2D eigenvalue weighted by molar-refractivity contribution is 9.10. The summed E-state index contributed by atoms with van der Waals surface area (Å²) >= 11 is 3.20. The topological polar surface area (TPSA) is 9.23 Å². The second-order valence-electron chi connectivity index (χ2n) is 3.49. The van der Waals surface area contributed by atoms with Crippen LogP contribution in [0.25, 0.3) is 0 Å². The van der Waals surface area contributed by atoms with E-state index in [1.807, 2.05) is 25.1 Å². The van der Waals surface area contributed by atoms with Crippen LogP contribution in [-0.4, -0.2) is 0 Å². The molecule has 1 nitrogen and oxygen atoms in total. The molecule has 0 fully saturated rings. The molecule has 0 heterocycles. The van der Waals surface area contributed by atoms with Gasteiger partial charge < -0.3 is 4.74 Å². The van der Waals surface area contributed by atoms with Crippen molar-refractivity contribution in [2.45, 2.75) is 6.92 Å². The Balaban J connectivity index is 2.27. The number of ether oxygens (including phenoxy) is 1. The molecule has 0 saturated heterocycles. The number of hydrogen-bond acceptors (Lipinski definition) is 1. The van der Waals surface area contributed by atoms with E-state index < -0.39 is 0 Å². The van der Waals surface area contributed by atoms with Crippen LogP contribution in [-0.2, 0) is 0 Å². The van der Waals surface area contributed by atoms with Crippen LogP contribution >= 0.6 is 15.9 Å². The van der Waals surface area contributed by atoms with Crippen LogP contribution in [0.2, 0.25) is 0 Å². The highest BCUT2D eigenvalue weighted by Gasteiger charge is 2.04. The third-order valence-corrected chi connectivity index (χ3v) is 2.60. The molecule has 0 aliphatic rings. The summed E-state index contributed by atoms with van der Waals surface area (Å²) in [5.74, 6) is 0.492. The predicted octanol–water partition coefficient (Wildman–Crippen LogP) is 4.69. The molecule has 0 aromatic heterocycles. The van der Waals surface area contributed by atoms with Crippen LogP contribution in [0, 0.1) is 12.7 Å². The summed E-state index contributed by atoms with van der Waals surface area (Å²) in [4.78, 5) is 0. The number of halogens is 2. The molecule has 16 heavy (non-hydrogen) atoms. The Morgan fingerprint density at radius 2 is 1.94 bits per heavy atom.